The van der Waals surface area contributed by atoms with Crippen molar-refractivity contribution in [3.63, 3.8) is 0 Å². The predicted molar refractivity (Wildman–Crippen MR) is 72.6 cm³/mol. The van der Waals surface area contributed by atoms with Gasteiger partial charge in [0.15, 0.2) is 0 Å². The molecule has 0 radical (unpaired) electrons. The van der Waals surface area contributed by atoms with Gasteiger partial charge in [0.25, 0.3) is 0 Å². The first-order chi connectivity index (χ1) is 9.49. The van der Waals surface area contributed by atoms with E-state index in [4.69, 9.17) is 4.74 Å². The second-order valence-electron chi connectivity index (χ2n) is 5.75. The lowest BCUT2D eigenvalue weighted by molar-refractivity contribution is 0.0123. The van der Waals surface area contributed by atoms with E-state index >= 15 is 0 Å². The molecule has 1 aliphatic carbocycles. The van der Waals surface area contributed by atoms with Gasteiger partial charge in [0.05, 0.1) is 7.11 Å². The zero-order chi connectivity index (χ0) is 14.8. The van der Waals surface area contributed by atoms with Crippen LogP contribution in [0, 0.1) is 17.0 Å². The van der Waals surface area contributed by atoms with Crippen molar-refractivity contribution >= 4 is 0 Å². The van der Waals surface area contributed by atoms with Crippen LogP contribution in [0.15, 0.2) is 12.1 Å². The molecule has 1 saturated carbocycles. The highest BCUT2D eigenvalue weighted by molar-refractivity contribution is 5.30. The Morgan fingerprint density at radius 1 is 1.30 bits per heavy atom. The van der Waals surface area contributed by atoms with Crippen LogP contribution in [0.5, 0.6) is 5.75 Å². The SMILES string of the molecule is COc1cc(F)c(CN(C)CC2(CO)CCC2)c(F)c1. The summed E-state index contributed by atoms with van der Waals surface area (Å²) in [5.41, 5.74) is -0.0468. The molecule has 112 valence electrons. The summed E-state index contributed by atoms with van der Waals surface area (Å²) in [6.45, 7) is 0.961. The molecule has 20 heavy (non-hydrogen) atoms. The minimum Gasteiger partial charge on any atom is -0.497 e. The maximum absolute atomic E-state index is 13.9. The zero-order valence-corrected chi connectivity index (χ0v) is 12.0. The summed E-state index contributed by atoms with van der Waals surface area (Å²) < 4.78 is 32.6. The van der Waals surface area contributed by atoms with Crippen LogP contribution in [0.25, 0.3) is 0 Å². The predicted octanol–water partition coefficient (Wildman–Crippen LogP) is 2.57. The molecule has 0 aliphatic heterocycles. The number of halogens is 2. The average Bonchev–Trinajstić information content (AvgIpc) is 2.38. The van der Waals surface area contributed by atoms with E-state index in [2.05, 4.69) is 0 Å². The number of nitrogens with zero attached hydrogens (tertiary/aromatic N) is 1. The first-order valence-corrected chi connectivity index (χ1v) is 6.81. The minimum absolute atomic E-state index is 0.0423. The van der Waals surface area contributed by atoms with Crippen LogP contribution >= 0.6 is 0 Å². The summed E-state index contributed by atoms with van der Waals surface area (Å²) in [5.74, 6) is -1.02. The van der Waals surface area contributed by atoms with Crippen molar-refractivity contribution in [1.82, 2.24) is 4.90 Å². The summed E-state index contributed by atoms with van der Waals surface area (Å²) in [4.78, 5) is 1.86. The second kappa shape index (κ2) is 6.06. The number of ether oxygens (including phenoxy) is 1. The largest absolute Gasteiger partial charge is 0.497 e. The summed E-state index contributed by atoms with van der Waals surface area (Å²) >= 11 is 0. The molecular weight excluding hydrogens is 264 g/mol. The monoisotopic (exact) mass is 285 g/mol. The van der Waals surface area contributed by atoms with Gasteiger partial charge in [-0.1, -0.05) is 6.42 Å². The Bertz CT molecular complexity index is 446. The number of aliphatic hydroxyl groups excluding tert-OH is 1. The zero-order valence-electron chi connectivity index (χ0n) is 12.0. The molecule has 2 rings (SSSR count). The maximum atomic E-state index is 13.9. The van der Waals surface area contributed by atoms with Crippen molar-refractivity contribution in [2.45, 2.75) is 25.8 Å². The van der Waals surface area contributed by atoms with Crippen LogP contribution in [-0.2, 0) is 6.54 Å². The molecule has 1 N–H and O–H groups in total. The van der Waals surface area contributed by atoms with Crippen LogP contribution in [-0.4, -0.2) is 37.3 Å². The van der Waals surface area contributed by atoms with Gasteiger partial charge >= 0.3 is 0 Å². The molecule has 0 aromatic heterocycles. The number of methoxy groups -OCH3 is 1. The van der Waals surface area contributed by atoms with Gasteiger partial charge in [-0.25, -0.2) is 8.78 Å². The Morgan fingerprint density at radius 2 is 1.90 bits per heavy atom. The Labute approximate surface area is 118 Å². The molecule has 0 atom stereocenters. The molecule has 0 heterocycles. The summed E-state index contributed by atoms with van der Waals surface area (Å²) in [6.07, 6.45) is 3.06. The van der Waals surface area contributed by atoms with Gasteiger partial charge in [0, 0.05) is 42.8 Å². The van der Waals surface area contributed by atoms with E-state index in [1.807, 2.05) is 11.9 Å². The molecule has 5 heteroatoms. The molecule has 0 saturated heterocycles. The van der Waals surface area contributed by atoms with Gasteiger partial charge in [-0.2, -0.15) is 0 Å². The molecule has 1 fully saturated rings. The maximum Gasteiger partial charge on any atom is 0.134 e. The topological polar surface area (TPSA) is 32.7 Å². The van der Waals surface area contributed by atoms with Crippen molar-refractivity contribution in [3.8, 4) is 5.75 Å². The lowest BCUT2D eigenvalue weighted by atomic mass is 9.69. The van der Waals surface area contributed by atoms with Crippen LogP contribution in [0.2, 0.25) is 0 Å². The Balaban J connectivity index is 2.06. The van der Waals surface area contributed by atoms with Crippen LogP contribution in [0.4, 0.5) is 8.78 Å². The molecule has 1 aliphatic rings. The quantitative estimate of drug-likeness (QED) is 0.872. The molecule has 3 nitrogen and oxygen atoms in total. The van der Waals surface area contributed by atoms with Crippen molar-refractivity contribution in [1.29, 1.82) is 0 Å². The van der Waals surface area contributed by atoms with E-state index in [9.17, 15) is 13.9 Å². The number of rotatable bonds is 6. The first-order valence-electron chi connectivity index (χ1n) is 6.81. The molecule has 0 unspecified atom stereocenters. The van der Waals surface area contributed by atoms with E-state index in [-0.39, 0.29) is 29.9 Å². The number of hydrogen-bond acceptors (Lipinski definition) is 3. The van der Waals surface area contributed by atoms with Crippen LogP contribution in [0.1, 0.15) is 24.8 Å². The van der Waals surface area contributed by atoms with E-state index in [1.54, 1.807) is 0 Å². The lowest BCUT2D eigenvalue weighted by Gasteiger charge is -2.43. The summed E-state index contributed by atoms with van der Waals surface area (Å²) in [6, 6.07) is 2.38. The fourth-order valence-electron chi connectivity index (χ4n) is 2.79. The van der Waals surface area contributed by atoms with Crippen molar-refractivity contribution < 1.29 is 18.6 Å². The van der Waals surface area contributed by atoms with E-state index in [0.29, 0.717) is 6.54 Å². The second-order valence-corrected chi connectivity index (χ2v) is 5.75. The van der Waals surface area contributed by atoms with Crippen LogP contribution < -0.4 is 4.74 Å². The van der Waals surface area contributed by atoms with Gasteiger partial charge in [-0.05, 0) is 19.9 Å². The third kappa shape index (κ3) is 3.10. The van der Waals surface area contributed by atoms with Crippen molar-refractivity contribution in [3.05, 3.63) is 29.3 Å². The fourth-order valence-corrected chi connectivity index (χ4v) is 2.79. The third-order valence-corrected chi connectivity index (χ3v) is 4.13. The Kier molecular flexibility index (Phi) is 4.60. The van der Waals surface area contributed by atoms with Gasteiger partial charge in [-0.15, -0.1) is 0 Å². The highest BCUT2D eigenvalue weighted by atomic mass is 19.1. The van der Waals surface area contributed by atoms with E-state index in [0.717, 1.165) is 19.3 Å². The van der Waals surface area contributed by atoms with Gasteiger partial charge < -0.3 is 14.7 Å². The normalized spacial score (nSPS) is 17.1. The molecule has 0 amide bonds. The Hall–Kier alpha value is -1.20. The average molecular weight is 285 g/mol. The van der Waals surface area contributed by atoms with E-state index < -0.39 is 11.6 Å². The molecule has 1 aromatic carbocycles. The third-order valence-electron chi connectivity index (χ3n) is 4.13. The first kappa shape index (κ1) is 15.2. The van der Waals surface area contributed by atoms with Gasteiger partial charge in [0.1, 0.15) is 17.4 Å². The smallest absolute Gasteiger partial charge is 0.134 e. The summed E-state index contributed by atoms with van der Waals surface area (Å²) in [7, 11) is 3.19. The van der Waals surface area contributed by atoms with Gasteiger partial charge in [-0.3, -0.25) is 0 Å². The van der Waals surface area contributed by atoms with Crippen molar-refractivity contribution in [2.24, 2.45) is 5.41 Å². The molecule has 0 bridgehead atoms. The summed E-state index contributed by atoms with van der Waals surface area (Å²) in [5, 5.41) is 9.44. The lowest BCUT2D eigenvalue weighted by Crippen LogP contribution is -2.43. The van der Waals surface area contributed by atoms with Crippen LogP contribution in [0.3, 0.4) is 0 Å². The number of benzene rings is 1. The highest BCUT2D eigenvalue weighted by Gasteiger charge is 2.37. The number of hydrogen-bond donors (Lipinski definition) is 1. The molecule has 0 spiro atoms. The van der Waals surface area contributed by atoms with E-state index in [1.165, 1.54) is 19.2 Å². The highest BCUT2D eigenvalue weighted by Crippen LogP contribution is 2.41. The minimum atomic E-state index is -0.597. The Morgan fingerprint density at radius 3 is 2.30 bits per heavy atom. The molecule has 1 aromatic rings. The van der Waals surface area contributed by atoms with Gasteiger partial charge in [0.2, 0.25) is 0 Å². The van der Waals surface area contributed by atoms with Crippen molar-refractivity contribution in [2.75, 3.05) is 27.3 Å². The molecular formula is C15H21F2NO2. The standard InChI is InChI=1S/C15H21F2NO2/c1-18(9-15(10-19)4-3-5-15)8-12-13(16)6-11(20-2)7-14(12)17/h6-7,19H,3-5,8-10H2,1-2H3. The fraction of sp³-hybridized carbons (Fsp3) is 0.600. The number of aliphatic hydroxyl groups is 1.